The molecule has 1 heterocycles. The van der Waals surface area contributed by atoms with Gasteiger partial charge in [0, 0.05) is 37.6 Å². The van der Waals surface area contributed by atoms with E-state index in [0.717, 1.165) is 24.4 Å². The Morgan fingerprint density at radius 1 is 1.09 bits per heavy atom. The number of carbonyl (C=O) groups is 1. The molecule has 1 aliphatic heterocycles. The Kier molecular flexibility index (Phi) is 9.23. The second-order valence-corrected chi connectivity index (χ2v) is 9.10. The molecule has 32 heavy (non-hydrogen) atoms. The highest BCUT2D eigenvalue weighted by Crippen LogP contribution is 2.27. The number of piperazine rings is 1. The molecule has 2 aromatic carbocycles. The van der Waals surface area contributed by atoms with Gasteiger partial charge >= 0.3 is 0 Å². The van der Waals surface area contributed by atoms with Crippen LogP contribution in [0.2, 0.25) is 0 Å². The van der Waals surface area contributed by atoms with Crippen molar-refractivity contribution >= 4 is 17.7 Å². The van der Waals surface area contributed by atoms with Crippen molar-refractivity contribution in [1.29, 1.82) is 0 Å². The number of β-amino-alcohol motifs (C(OH)–C–C–N with tert-alkyl or cyclic N) is 1. The summed E-state index contributed by atoms with van der Waals surface area (Å²) in [6.07, 6.45) is -0.623. The van der Waals surface area contributed by atoms with E-state index in [1.165, 1.54) is 4.90 Å². The molecular formula is C24H33N3O4S. The SMILES string of the molecule is CCSc1ccc(C(C(N)=O)N2CCN(CC(O)COc3ccccc3OC)CC2)cc1. The Hall–Kier alpha value is -2.26. The van der Waals surface area contributed by atoms with E-state index >= 15 is 0 Å². The molecule has 0 bridgehead atoms. The van der Waals surface area contributed by atoms with Crippen molar-refractivity contribution in [2.45, 2.75) is 24.0 Å². The summed E-state index contributed by atoms with van der Waals surface area (Å²) in [7, 11) is 1.59. The molecule has 174 valence electrons. The van der Waals surface area contributed by atoms with Crippen LogP contribution in [0.25, 0.3) is 0 Å². The number of hydrogen-bond acceptors (Lipinski definition) is 7. The van der Waals surface area contributed by atoms with Gasteiger partial charge in [-0.15, -0.1) is 11.8 Å². The summed E-state index contributed by atoms with van der Waals surface area (Å²) in [5.74, 6) is 1.94. The van der Waals surface area contributed by atoms with Crippen LogP contribution in [0.5, 0.6) is 11.5 Å². The van der Waals surface area contributed by atoms with Crippen LogP contribution in [0.15, 0.2) is 53.4 Å². The molecule has 1 fully saturated rings. The lowest BCUT2D eigenvalue weighted by molar-refractivity contribution is -0.124. The summed E-state index contributed by atoms with van der Waals surface area (Å²) < 4.78 is 11.0. The average molecular weight is 460 g/mol. The number of aliphatic hydroxyl groups excluding tert-OH is 1. The lowest BCUT2D eigenvalue weighted by Crippen LogP contribution is -2.52. The summed E-state index contributed by atoms with van der Waals surface area (Å²) in [5, 5.41) is 10.4. The Morgan fingerprint density at radius 3 is 2.34 bits per heavy atom. The molecule has 3 N–H and O–H groups in total. The Balaban J connectivity index is 1.50. The van der Waals surface area contributed by atoms with Crippen molar-refractivity contribution in [3.05, 3.63) is 54.1 Å². The molecule has 1 amide bonds. The fourth-order valence-corrected chi connectivity index (χ4v) is 4.61. The van der Waals surface area contributed by atoms with Gasteiger partial charge in [0.05, 0.1) is 7.11 Å². The highest BCUT2D eigenvalue weighted by atomic mass is 32.2. The molecule has 0 aromatic heterocycles. The number of nitrogens with two attached hydrogens (primary N) is 1. The zero-order chi connectivity index (χ0) is 22.9. The number of carbonyl (C=O) groups excluding carboxylic acids is 1. The third-order valence-electron chi connectivity index (χ3n) is 5.52. The predicted molar refractivity (Wildman–Crippen MR) is 127 cm³/mol. The van der Waals surface area contributed by atoms with Crippen molar-refractivity contribution in [3.8, 4) is 11.5 Å². The summed E-state index contributed by atoms with van der Waals surface area (Å²) in [6, 6.07) is 15.1. The molecule has 0 saturated carbocycles. The van der Waals surface area contributed by atoms with Gasteiger partial charge in [-0.1, -0.05) is 31.2 Å². The average Bonchev–Trinajstić information content (AvgIpc) is 2.80. The van der Waals surface area contributed by atoms with E-state index in [9.17, 15) is 9.90 Å². The smallest absolute Gasteiger partial charge is 0.239 e. The summed E-state index contributed by atoms with van der Waals surface area (Å²) in [4.78, 5) is 17.7. The molecule has 8 heteroatoms. The third-order valence-corrected chi connectivity index (χ3v) is 6.41. The Bertz CT molecular complexity index is 857. The summed E-state index contributed by atoms with van der Waals surface area (Å²) >= 11 is 1.77. The van der Waals surface area contributed by atoms with Gasteiger partial charge in [-0.2, -0.15) is 0 Å². The normalized spacial score (nSPS) is 17.0. The quantitative estimate of drug-likeness (QED) is 0.499. The number of ether oxygens (including phenoxy) is 2. The van der Waals surface area contributed by atoms with E-state index in [0.29, 0.717) is 31.1 Å². The number of amides is 1. The Labute approximate surface area is 194 Å². The molecule has 2 unspecified atom stereocenters. The van der Waals surface area contributed by atoms with Crippen molar-refractivity contribution in [2.75, 3.05) is 52.2 Å². The van der Waals surface area contributed by atoms with Gasteiger partial charge in [-0.05, 0) is 35.6 Å². The molecule has 7 nitrogen and oxygen atoms in total. The van der Waals surface area contributed by atoms with E-state index in [4.69, 9.17) is 15.2 Å². The van der Waals surface area contributed by atoms with Crippen LogP contribution >= 0.6 is 11.8 Å². The van der Waals surface area contributed by atoms with E-state index in [-0.39, 0.29) is 12.5 Å². The molecule has 2 atom stereocenters. The number of hydrogen-bond donors (Lipinski definition) is 2. The van der Waals surface area contributed by atoms with Gasteiger partial charge in [0.25, 0.3) is 0 Å². The standard InChI is InChI=1S/C24H33N3O4S/c1-3-32-20-10-8-18(9-11-20)23(24(25)29)27-14-12-26(13-15-27)16-19(28)17-31-22-7-5-4-6-21(22)30-2/h4-11,19,23,28H,3,12-17H2,1-2H3,(H2,25,29). The molecular weight excluding hydrogens is 426 g/mol. The van der Waals surface area contributed by atoms with Gasteiger partial charge in [0.15, 0.2) is 11.5 Å². The van der Waals surface area contributed by atoms with Gasteiger partial charge in [-0.25, -0.2) is 0 Å². The largest absolute Gasteiger partial charge is 0.493 e. The number of methoxy groups -OCH3 is 1. The maximum Gasteiger partial charge on any atom is 0.239 e. The van der Waals surface area contributed by atoms with Gasteiger partial charge in [0.1, 0.15) is 18.8 Å². The van der Waals surface area contributed by atoms with Crippen LogP contribution in [-0.2, 0) is 4.79 Å². The minimum atomic E-state index is -0.623. The Morgan fingerprint density at radius 2 is 1.75 bits per heavy atom. The number of primary amides is 1. The number of aliphatic hydroxyl groups is 1. The maximum atomic E-state index is 12.2. The van der Waals surface area contributed by atoms with Crippen LogP contribution in [0.3, 0.4) is 0 Å². The van der Waals surface area contributed by atoms with E-state index in [2.05, 4.69) is 16.7 Å². The summed E-state index contributed by atoms with van der Waals surface area (Å²) in [6.45, 7) is 5.72. The van der Waals surface area contributed by atoms with Crippen molar-refractivity contribution in [2.24, 2.45) is 5.73 Å². The predicted octanol–water partition coefficient (Wildman–Crippen LogP) is 2.39. The number of rotatable bonds is 11. The third kappa shape index (κ3) is 6.62. The molecule has 1 saturated heterocycles. The fraction of sp³-hybridized carbons (Fsp3) is 0.458. The minimum Gasteiger partial charge on any atom is -0.493 e. The molecule has 0 aliphatic carbocycles. The highest BCUT2D eigenvalue weighted by Gasteiger charge is 2.29. The van der Waals surface area contributed by atoms with Crippen LogP contribution in [-0.4, -0.2) is 79.1 Å². The first kappa shape index (κ1) is 24.4. The second kappa shape index (κ2) is 12.1. The number of para-hydroxylation sites is 2. The lowest BCUT2D eigenvalue weighted by Gasteiger charge is -2.38. The maximum absolute atomic E-state index is 12.2. The molecule has 2 aromatic rings. The number of thioether (sulfide) groups is 1. The van der Waals surface area contributed by atoms with E-state index < -0.39 is 12.1 Å². The first-order valence-corrected chi connectivity index (χ1v) is 11.9. The minimum absolute atomic E-state index is 0.187. The molecule has 1 aliphatic rings. The number of benzene rings is 2. The first-order chi connectivity index (χ1) is 15.5. The number of nitrogens with zero attached hydrogens (tertiary/aromatic N) is 2. The van der Waals surface area contributed by atoms with Gasteiger partial charge in [-0.3, -0.25) is 14.6 Å². The van der Waals surface area contributed by atoms with E-state index in [1.807, 2.05) is 48.5 Å². The van der Waals surface area contributed by atoms with Gasteiger partial charge in [0.2, 0.25) is 5.91 Å². The lowest BCUT2D eigenvalue weighted by atomic mass is 10.0. The van der Waals surface area contributed by atoms with Crippen molar-refractivity contribution < 1.29 is 19.4 Å². The van der Waals surface area contributed by atoms with Crippen LogP contribution in [0, 0.1) is 0 Å². The first-order valence-electron chi connectivity index (χ1n) is 10.9. The van der Waals surface area contributed by atoms with Crippen molar-refractivity contribution in [1.82, 2.24) is 9.80 Å². The van der Waals surface area contributed by atoms with Crippen LogP contribution in [0.4, 0.5) is 0 Å². The van der Waals surface area contributed by atoms with E-state index in [1.54, 1.807) is 18.9 Å². The molecule has 0 spiro atoms. The monoisotopic (exact) mass is 459 g/mol. The van der Waals surface area contributed by atoms with Crippen LogP contribution in [0.1, 0.15) is 18.5 Å². The zero-order valence-electron chi connectivity index (χ0n) is 18.8. The van der Waals surface area contributed by atoms with Gasteiger partial charge < -0.3 is 20.3 Å². The topological polar surface area (TPSA) is 88.3 Å². The highest BCUT2D eigenvalue weighted by molar-refractivity contribution is 7.99. The zero-order valence-corrected chi connectivity index (χ0v) is 19.6. The molecule has 3 rings (SSSR count). The van der Waals surface area contributed by atoms with Crippen LogP contribution < -0.4 is 15.2 Å². The summed E-state index contributed by atoms with van der Waals surface area (Å²) in [5.41, 5.74) is 6.69. The second-order valence-electron chi connectivity index (χ2n) is 7.76. The van der Waals surface area contributed by atoms with Crippen molar-refractivity contribution in [3.63, 3.8) is 0 Å². The fourth-order valence-electron chi connectivity index (χ4n) is 3.95. The molecule has 0 radical (unpaired) electrons.